The Bertz CT molecular complexity index is 3640. The molecule has 2 aliphatic rings. The van der Waals surface area contributed by atoms with Gasteiger partial charge in [-0.2, -0.15) is 0 Å². The van der Waals surface area contributed by atoms with Gasteiger partial charge in [0.05, 0.1) is 9.89 Å². The van der Waals surface area contributed by atoms with E-state index >= 15 is 0 Å². The molecule has 2 aliphatic carbocycles. The first kappa shape index (κ1) is 29.3. The van der Waals surface area contributed by atoms with Gasteiger partial charge < -0.3 is 17.7 Å². The Balaban J connectivity index is 1.30. The van der Waals surface area contributed by atoms with Crippen LogP contribution in [-0.2, 0) is 5.41 Å². The number of benzene rings is 8. The molecule has 0 unspecified atom stereocenters. The predicted octanol–water partition coefficient (Wildman–Crippen LogP) is 15.2. The molecule has 0 atom stereocenters. The van der Waals surface area contributed by atoms with Gasteiger partial charge in [-0.05, 0) is 97.8 Å². The average Bonchev–Trinajstić information content (AvgIpc) is 4.04. The molecular formula is C49H22Br2O4. The third kappa shape index (κ3) is 3.27. The fraction of sp³-hybridized carbons (Fsp3) is 0.0204. The number of fused-ring (bicyclic) bond motifs is 26. The highest BCUT2D eigenvalue weighted by atomic mass is 79.9. The van der Waals surface area contributed by atoms with E-state index < -0.39 is 5.41 Å². The third-order valence-corrected chi connectivity index (χ3v) is 13.6. The predicted molar refractivity (Wildman–Crippen MR) is 227 cm³/mol. The molecule has 0 amide bonds. The molecule has 12 aromatic rings. The van der Waals surface area contributed by atoms with Crippen LogP contribution in [0.1, 0.15) is 22.3 Å². The lowest BCUT2D eigenvalue weighted by atomic mass is 9.70. The van der Waals surface area contributed by atoms with Crippen molar-refractivity contribution in [1.82, 2.24) is 0 Å². The van der Waals surface area contributed by atoms with Crippen molar-refractivity contribution in [1.29, 1.82) is 0 Å². The van der Waals surface area contributed by atoms with Gasteiger partial charge in [-0.15, -0.1) is 0 Å². The number of hydrogen-bond donors (Lipinski definition) is 0. The second kappa shape index (κ2) is 9.77. The molecule has 8 aromatic carbocycles. The lowest BCUT2D eigenvalue weighted by Gasteiger charge is -2.30. The SMILES string of the molecule is Brc1cc2c(c3c1oc1ccccc13)-c1c(cc(Br)c3c1oc1ccccc13)C21c2ccc3oc4ccccc4c3c2-c2c1ccc1oc3ccccc3c21. The van der Waals surface area contributed by atoms with Gasteiger partial charge in [0.1, 0.15) is 44.7 Å². The largest absolute Gasteiger partial charge is 0.456 e. The summed E-state index contributed by atoms with van der Waals surface area (Å²) >= 11 is 8.17. The van der Waals surface area contributed by atoms with Gasteiger partial charge in [0.2, 0.25) is 0 Å². The monoisotopic (exact) mass is 832 g/mol. The van der Waals surface area contributed by atoms with E-state index in [0.717, 1.165) is 113 Å². The summed E-state index contributed by atoms with van der Waals surface area (Å²) < 4.78 is 28.8. The van der Waals surface area contributed by atoms with Crippen LogP contribution in [0.2, 0.25) is 0 Å². The molecule has 1 spiro atoms. The zero-order valence-electron chi connectivity index (χ0n) is 28.6. The number of para-hydroxylation sites is 4. The van der Waals surface area contributed by atoms with Crippen LogP contribution in [0.4, 0.5) is 0 Å². The minimum absolute atomic E-state index is 0.751. The van der Waals surface area contributed by atoms with E-state index in [9.17, 15) is 0 Å². The summed E-state index contributed by atoms with van der Waals surface area (Å²) in [5, 5.41) is 8.67. The molecule has 0 saturated carbocycles. The first-order chi connectivity index (χ1) is 27.1. The van der Waals surface area contributed by atoms with Gasteiger partial charge >= 0.3 is 0 Å². The minimum atomic E-state index is -0.751. The van der Waals surface area contributed by atoms with Crippen molar-refractivity contribution in [2.24, 2.45) is 0 Å². The average molecular weight is 835 g/mol. The van der Waals surface area contributed by atoms with Crippen LogP contribution in [-0.4, -0.2) is 0 Å². The number of hydrogen-bond acceptors (Lipinski definition) is 4. The molecule has 4 nitrogen and oxygen atoms in total. The van der Waals surface area contributed by atoms with Gasteiger partial charge in [-0.1, -0.05) is 101 Å². The fourth-order valence-electron chi connectivity index (χ4n) is 10.5. The van der Waals surface area contributed by atoms with Crippen molar-refractivity contribution in [2.75, 3.05) is 0 Å². The quantitative estimate of drug-likeness (QED) is 0.153. The molecule has 0 bridgehead atoms. The highest BCUT2D eigenvalue weighted by Gasteiger charge is 2.55. The molecule has 0 aliphatic heterocycles. The molecular weight excluding hydrogens is 812 g/mol. The third-order valence-electron chi connectivity index (χ3n) is 12.4. The Morgan fingerprint density at radius 3 is 1.31 bits per heavy atom. The van der Waals surface area contributed by atoms with Crippen LogP contribution in [0.5, 0.6) is 0 Å². The molecule has 0 fully saturated rings. The normalized spacial score (nSPS) is 14.1. The summed E-state index contributed by atoms with van der Waals surface area (Å²) in [7, 11) is 0. The molecule has 0 saturated heterocycles. The Kier molecular flexibility index (Phi) is 5.20. The number of furan rings is 4. The van der Waals surface area contributed by atoms with Gasteiger partial charge in [0.15, 0.2) is 0 Å². The molecule has 55 heavy (non-hydrogen) atoms. The van der Waals surface area contributed by atoms with Crippen LogP contribution < -0.4 is 0 Å². The highest BCUT2D eigenvalue weighted by Crippen LogP contribution is 2.69. The second-order valence-corrected chi connectivity index (χ2v) is 16.5. The van der Waals surface area contributed by atoms with Crippen LogP contribution >= 0.6 is 31.9 Å². The first-order valence-electron chi connectivity index (χ1n) is 18.3. The Morgan fingerprint density at radius 1 is 0.327 bits per heavy atom. The second-order valence-electron chi connectivity index (χ2n) is 14.8. The minimum Gasteiger partial charge on any atom is -0.456 e. The van der Waals surface area contributed by atoms with Crippen LogP contribution in [0.15, 0.2) is 160 Å². The van der Waals surface area contributed by atoms with E-state index in [2.05, 4.69) is 141 Å². The van der Waals surface area contributed by atoms with E-state index in [1.807, 2.05) is 24.3 Å². The first-order valence-corrected chi connectivity index (χ1v) is 19.9. The van der Waals surface area contributed by atoms with E-state index in [1.54, 1.807) is 0 Å². The molecule has 6 heteroatoms. The Labute approximate surface area is 327 Å². The molecule has 14 rings (SSSR count). The van der Waals surface area contributed by atoms with Gasteiger partial charge in [0.25, 0.3) is 0 Å². The van der Waals surface area contributed by atoms with E-state index in [1.165, 1.54) is 27.8 Å². The molecule has 0 N–H and O–H groups in total. The van der Waals surface area contributed by atoms with Crippen molar-refractivity contribution < 1.29 is 17.7 Å². The molecule has 4 heterocycles. The fourth-order valence-corrected chi connectivity index (χ4v) is 11.6. The van der Waals surface area contributed by atoms with Crippen molar-refractivity contribution in [3.8, 4) is 22.3 Å². The summed E-state index contributed by atoms with van der Waals surface area (Å²) in [5.41, 5.74) is 15.3. The maximum Gasteiger partial charge on any atom is 0.150 e. The van der Waals surface area contributed by atoms with E-state index in [0.29, 0.717) is 0 Å². The van der Waals surface area contributed by atoms with Crippen molar-refractivity contribution in [3.05, 3.63) is 165 Å². The maximum absolute atomic E-state index is 7.01. The number of rotatable bonds is 0. The van der Waals surface area contributed by atoms with Crippen LogP contribution in [0.25, 0.3) is 110 Å². The van der Waals surface area contributed by atoms with Crippen molar-refractivity contribution in [2.45, 2.75) is 5.41 Å². The van der Waals surface area contributed by atoms with Crippen molar-refractivity contribution in [3.63, 3.8) is 0 Å². The lowest BCUT2D eigenvalue weighted by molar-refractivity contribution is 0.666. The Morgan fingerprint density at radius 2 is 0.745 bits per heavy atom. The topological polar surface area (TPSA) is 52.6 Å². The highest BCUT2D eigenvalue weighted by molar-refractivity contribution is 9.11. The molecule has 4 aromatic heterocycles. The summed E-state index contributed by atoms with van der Waals surface area (Å²) in [6.07, 6.45) is 0. The van der Waals surface area contributed by atoms with Crippen LogP contribution in [0, 0.1) is 0 Å². The summed E-state index contributed by atoms with van der Waals surface area (Å²) in [4.78, 5) is 0. The van der Waals surface area contributed by atoms with Gasteiger partial charge in [0, 0.05) is 58.7 Å². The summed E-state index contributed by atoms with van der Waals surface area (Å²) in [6, 6.07) is 47.1. The summed E-state index contributed by atoms with van der Waals surface area (Å²) in [6.45, 7) is 0. The standard InChI is InChI=1S/C49H22Br2O4/c50-31-21-30-46(48-39(31)23-9-1-7-15-35(23)55-48)45-29(22-32(51)47-42(45)26-12-4-8-16-36(26)54-47)49(30)27-17-19-37-40(24-10-2-5-13-33(24)52-37)43(27)44-28(49)18-20-38-41(44)25-11-3-6-14-34(25)53-38/h1-22H. The summed E-state index contributed by atoms with van der Waals surface area (Å²) in [5.74, 6) is 0. The molecule has 256 valence electrons. The van der Waals surface area contributed by atoms with Gasteiger partial charge in [-0.3, -0.25) is 0 Å². The number of halogens is 2. The zero-order chi connectivity index (χ0) is 35.9. The zero-order valence-corrected chi connectivity index (χ0v) is 31.8. The Hall–Kier alpha value is -6.08. The molecule has 0 radical (unpaired) electrons. The van der Waals surface area contributed by atoms with Crippen LogP contribution in [0.3, 0.4) is 0 Å². The van der Waals surface area contributed by atoms with Gasteiger partial charge in [-0.25, -0.2) is 0 Å². The van der Waals surface area contributed by atoms with Crippen molar-refractivity contribution >= 4 is 120 Å². The smallest absolute Gasteiger partial charge is 0.150 e. The van der Waals surface area contributed by atoms with E-state index in [-0.39, 0.29) is 0 Å². The van der Waals surface area contributed by atoms with E-state index in [4.69, 9.17) is 17.7 Å². The maximum atomic E-state index is 7.01. The lowest BCUT2D eigenvalue weighted by Crippen LogP contribution is -2.26.